The Morgan fingerprint density at radius 1 is 1.28 bits per heavy atom. The number of hydrogen-bond acceptors (Lipinski definition) is 5. The predicted molar refractivity (Wildman–Crippen MR) is 121 cm³/mol. The van der Waals surface area contributed by atoms with Crippen LogP contribution in [-0.2, 0) is 30.1 Å². The molecule has 2 aromatic heterocycles. The highest BCUT2D eigenvalue weighted by Gasteiger charge is 2.23. The summed E-state index contributed by atoms with van der Waals surface area (Å²) < 4.78 is 1.58. The molecule has 3 aromatic rings. The van der Waals surface area contributed by atoms with Crippen LogP contribution in [0.2, 0.25) is 0 Å². The Bertz CT molecular complexity index is 1160. The van der Waals surface area contributed by atoms with E-state index in [9.17, 15) is 9.59 Å². The van der Waals surface area contributed by atoms with Gasteiger partial charge in [-0.3, -0.25) is 14.2 Å². The van der Waals surface area contributed by atoms with E-state index in [1.165, 1.54) is 22.2 Å². The number of fused-ring (bicyclic) bond motifs is 3. The number of carbonyl (C=O) groups excluding carboxylic acids is 1. The average molecular weight is 428 g/mol. The summed E-state index contributed by atoms with van der Waals surface area (Å²) in [6.07, 6.45) is 3.12. The van der Waals surface area contributed by atoms with Crippen molar-refractivity contribution >= 4 is 44.9 Å². The number of nitrogens with zero attached hydrogens (tertiary/aromatic N) is 2. The maximum atomic E-state index is 12.9. The Morgan fingerprint density at radius 3 is 2.79 bits per heavy atom. The molecular formula is C22H25N3O2S2. The van der Waals surface area contributed by atoms with Crippen molar-refractivity contribution in [1.29, 1.82) is 0 Å². The summed E-state index contributed by atoms with van der Waals surface area (Å²) in [4.78, 5) is 32.3. The molecule has 0 saturated carbocycles. The van der Waals surface area contributed by atoms with Crippen LogP contribution in [0.3, 0.4) is 0 Å². The second-order valence-corrected chi connectivity index (χ2v) is 10.5. The fourth-order valence-electron chi connectivity index (χ4n) is 3.80. The maximum absolute atomic E-state index is 12.9. The van der Waals surface area contributed by atoms with Gasteiger partial charge in [0.05, 0.1) is 11.1 Å². The van der Waals surface area contributed by atoms with Crippen LogP contribution in [0.25, 0.3) is 10.2 Å². The Labute approximate surface area is 178 Å². The molecule has 0 bridgehead atoms. The molecule has 0 spiro atoms. The number of rotatable bonds is 4. The van der Waals surface area contributed by atoms with Gasteiger partial charge in [-0.05, 0) is 41.9 Å². The Morgan fingerprint density at radius 2 is 2.03 bits per heavy atom. The third-order valence-corrected chi connectivity index (χ3v) is 7.46. The van der Waals surface area contributed by atoms with Crippen LogP contribution >= 0.6 is 23.1 Å². The van der Waals surface area contributed by atoms with Gasteiger partial charge in [0.2, 0.25) is 5.91 Å². The molecule has 4 rings (SSSR count). The summed E-state index contributed by atoms with van der Waals surface area (Å²) in [5, 5.41) is 4.38. The number of benzene rings is 1. The van der Waals surface area contributed by atoms with Gasteiger partial charge in [-0.1, -0.05) is 50.7 Å². The molecule has 1 aromatic carbocycles. The maximum Gasteiger partial charge on any atom is 0.262 e. The first-order valence-corrected chi connectivity index (χ1v) is 11.6. The number of para-hydroxylation sites is 1. The highest BCUT2D eigenvalue weighted by atomic mass is 32.2. The lowest BCUT2D eigenvalue weighted by molar-refractivity contribution is -0.113. The molecule has 5 nitrogen and oxygen atoms in total. The van der Waals surface area contributed by atoms with Crippen LogP contribution in [0.5, 0.6) is 0 Å². The summed E-state index contributed by atoms with van der Waals surface area (Å²) in [7, 11) is 1.74. The first-order chi connectivity index (χ1) is 13.8. The monoisotopic (exact) mass is 427 g/mol. The third kappa shape index (κ3) is 3.85. The molecule has 1 aliphatic rings. The molecule has 0 aliphatic heterocycles. The number of anilines is 1. The van der Waals surface area contributed by atoms with Crippen LogP contribution in [0.4, 0.5) is 5.69 Å². The molecule has 29 heavy (non-hydrogen) atoms. The minimum atomic E-state index is -0.102. The van der Waals surface area contributed by atoms with Crippen molar-refractivity contribution in [2.24, 2.45) is 7.05 Å². The molecule has 0 fully saturated rings. The number of hydrogen-bond donors (Lipinski definition) is 1. The second-order valence-electron chi connectivity index (χ2n) is 8.43. The van der Waals surface area contributed by atoms with Crippen molar-refractivity contribution in [3.05, 3.63) is 50.6 Å². The lowest BCUT2D eigenvalue weighted by atomic mass is 9.86. The quantitative estimate of drug-likeness (QED) is 0.491. The standard InChI is InChI=1S/C22H25N3O2S2/c1-22(2,3)14-9-5-6-10-15(14)23-17(26)12-28-21-24-19-18(20(27)25(21)4)13-8-7-11-16(13)29-19/h5-6,9-10H,7-8,11-12H2,1-4H3,(H,23,26). The van der Waals surface area contributed by atoms with Crippen LogP contribution in [0.1, 0.15) is 43.2 Å². The summed E-state index contributed by atoms with van der Waals surface area (Å²) in [6.45, 7) is 6.38. The average Bonchev–Trinajstić information content (AvgIpc) is 3.23. The van der Waals surface area contributed by atoms with Gasteiger partial charge in [0.1, 0.15) is 4.83 Å². The highest BCUT2D eigenvalue weighted by Crippen LogP contribution is 2.35. The fraction of sp³-hybridized carbons (Fsp3) is 0.409. The summed E-state index contributed by atoms with van der Waals surface area (Å²) >= 11 is 2.93. The second kappa shape index (κ2) is 7.61. The van der Waals surface area contributed by atoms with Gasteiger partial charge in [0, 0.05) is 17.6 Å². The number of aryl methyl sites for hydroxylation is 2. The Kier molecular flexibility index (Phi) is 5.29. The van der Waals surface area contributed by atoms with E-state index in [0.717, 1.165) is 40.7 Å². The van der Waals surface area contributed by atoms with Crippen LogP contribution < -0.4 is 10.9 Å². The van der Waals surface area contributed by atoms with E-state index in [2.05, 4.69) is 26.1 Å². The van der Waals surface area contributed by atoms with Crippen molar-refractivity contribution in [2.45, 2.75) is 50.6 Å². The highest BCUT2D eigenvalue weighted by molar-refractivity contribution is 7.99. The van der Waals surface area contributed by atoms with E-state index >= 15 is 0 Å². The lowest BCUT2D eigenvalue weighted by Crippen LogP contribution is -2.22. The minimum absolute atomic E-state index is 0.00427. The zero-order valence-corrected chi connectivity index (χ0v) is 18.8. The van der Waals surface area contributed by atoms with Gasteiger partial charge in [-0.2, -0.15) is 0 Å². The number of carbonyl (C=O) groups is 1. The van der Waals surface area contributed by atoms with Gasteiger partial charge in [0.15, 0.2) is 5.16 Å². The zero-order chi connectivity index (χ0) is 20.8. The number of aromatic nitrogens is 2. The summed E-state index contributed by atoms with van der Waals surface area (Å²) in [6, 6.07) is 7.87. The molecule has 1 aliphatic carbocycles. The first kappa shape index (κ1) is 20.2. The van der Waals surface area contributed by atoms with E-state index in [0.29, 0.717) is 5.16 Å². The van der Waals surface area contributed by atoms with Crippen molar-refractivity contribution in [1.82, 2.24) is 9.55 Å². The van der Waals surface area contributed by atoms with E-state index in [4.69, 9.17) is 4.98 Å². The van der Waals surface area contributed by atoms with E-state index < -0.39 is 0 Å². The van der Waals surface area contributed by atoms with Crippen LogP contribution in [-0.4, -0.2) is 21.2 Å². The Balaban J connectivity index is 1.53. The molecule has 0 unspecified atom stereocenters. The fourth-order valence-corrected chi connectivity index (χ4v) is 5.87. The molecule has 0 atom stereocenters. The number of thiophene rings is 1. The normalized spacial score (nSPS) is 13.7. The molecule has 1 amide bonds. The van der Waals surface area contributed by atoms with Crippen molar-refractivity contribution in [3.8, 4) is 0 Å². The summed E-state index contributed by atoms with van der Waals surface area (Å²) in [5.41, 5.74) is 3.05. The first-order valence-electron chi connectivity index (χ1n) is 9.79. The topological polar surface area (TPSA) is 64.0 Å². The van der Waals surface area contributed by atoms with Gasteiger partial charge >= 0.3 is 0 Å². The van der Waals surface area contributed by atoms with Gasteiger partial charge in [-0.15, -0.1) is 11.3 Å². The molecule has 1 N–H and O–H groups in total. The van der Waals surface area contributed by atoms with Crippen LogP contribution in [0, 0.1) is 0 Å². The third-order valence-electron chi connectivity index (χ3n) is 5.25. The molecule has 7 heteroatoms. The predicted octanol–water partition coefficient (Wildman–Crippen LogP) is 4.51. The Hall–Kier alpha value is -2.12. The van der Waals surface area contributed by atoms with Crippen molar-refractivity contribution in [3.63, 3.8) is 0 Å². The minimum Gasteiger partial charge on any atom is -0.325 e. The molecule has 0 saturated heterocycles. The van der Waals surface area contributed by atoms with E-state index in [-0.39, 0.29) is 22.6 Å². The summed E-state index contributed by atoms with van der Waals surface area (Å²) in [5.74, 6) is 0.102. The van der Waals surface area contributed by atoms with Crippen molar-refractivity contribution < 1.29 is 4.79 Å². The molecule has 2 heterocycles. The number of thioether (sulfide) groups is 1. The van der Waals surface area contributed by atoms with Gasteiger partial charge < -0.3 is 5.32 Å². The molecular weight excluding hydrogens is 402 g/mol. The number of nitrogens with one attached hydrogen (secondary N) is 1. The SMILES string of the molecule is Cn1c(SCC(=O)Nc2ccccc2C(C)(C)C)nc2sc3c(c2c1=O)CCC3. The van der Waals surface area contributed by atoms with Gasteiger partial charge in [-0.25, -0.2) is 4.98 Å². The van der Waals surface area contributed by atoms with E-state index in [1.54, 1.807) is 23.0 Å². The van der Waals surface area contributed by atoms with Crippen molar-refractivity contribution in [2.75, 3.05) is 11.1 Å². The smallest absolute Gasteiger partial charge is 0.262 e. The number of amides is 1. The largest absolute Gasteiger partial charge is 0.325 e. The van der Waals surface area contributed by atoms with E-state index in [1.807, 2.05) is 24.3 Å². The molecule has 152 valence electrons. The zero-order valence-electron chi connectivity index (χ0n) is 17.2. The molecule has 0 radical (unpaired) electrons. The van der Waals surface area contributed by atoms with Gasteiger partial charge in [0.25, 0.3) is 5.56 Å². The van der Waals surface area contributed by atoms with Crippen LogP contribution in [0.15, 0.2) is 34.2 Å². The lowest BCUT2D eigenvalue weighted by Gasteiger charge is -2.23.